The predicted octanol–water partition coefficient (Wildman–Crippen LogP) is 0.559. The molecule has 1 heterocycles. The first-order valence-corrected chi connectivity index (χ1v) is 5.07. The Morgan fingerprint density at radius 2 is 2.57 bits per heavy atom. The van der Waals surface area contributed by atoms with Crippen molar-refractivity contribution in [3.63, 3.8) is 0 Å². The number of nitrogens with zero attached hydrogens (tertiary/aromatic N) is 2. The molecule has 0 spiro atoms. The number of hydrogen-bond acceptors (Lipinski definition) is 3. The van der Waals surface area contributed by atoms with Gasteiger partial charge in [0.25, 0.3) is 0 Å². The molecule has 1 aliphatic rings. The van der Waals surface area contributed by atoms with Gasteiger partial charge in [-0.15, -0.1) is 0 Å². The van der Waals surface area contributed by atoms with E-state index in [1.807, 2.05) is 19.6 Å². The molecule has 2 unspecified atom stereocenters. The number of hydrogen-bond donors (Lipinski definition) is 2. The highest BCUT2D eigenvalue weighted by molar-refractivity contribution is 4.98. The van der Waals surface area contributed by atoms with Gasteiger partial charge in [0.05, 0.1) is 12.9 Å². The molecule has 1 aromatic rings. The van der Waals surface area contributed by atoms with Crippen LogP contribution in [-0.2, 0) is 0 Å². The Kier molecular flexibility index (Phi) is 2.56. The van der Waals surface area contributed by atoms with E-state index in [9.17, 15) is 5.11 Å². The number of likely N-dealkylation sites (N-methyl/N-ethyl adjacent to an activating group) is 1. The standard InChI is InChI=1S/C10H17N3O/c1-11-10(7-14)3-2-9(6-10)13-5-4-12-8-13/h4-5,8-9,11,14H,2-3,6-7H2,1H3. The fourth-order valence-corrected chi connectivity index (χ4v) is 2.29. The molecule has 14 heavy (non-hydrogen) atoms. The number of nitrogens with one attached hydrogen (secondary N) is 1. The third-order valence-electron chi connectivity index (χ3n) is 3.36. The summed E-state index contributed by atoms with van der Waals surface area (Å²) in [6.45, 7) is 0.217. The molecular weight excluding hydrogens is 178 g/mol. The molecule has 4 heteroatoms. The van der Waals surface area contributed by atoms with Crippen LogP contribution in [-0.4, -0.2) is 33.9 Å². The van der Waals surface area contributed by atoms with E-state index in [-0.39, 0.29) is 12.1 Å². The smallest absolute Gasteiger partial charge is 0.0948 e. The normalized spacial score (nSPS) is 32.3. The quantitative estimate of drug-likeness (QED) is 0.741. The van der Waals surface area contributed by atoms with Crippen molar-refractivity contribution < 1.29 is 5.11 Å². The first kappa shape index (κ1) is 9.68. The largest absolute Gasteiger partial charge is 0.394 e. The van der Waals surface area contributed by atoms with Crippen LogP contribution in [0.3, 0.4) is 0 Å². The zero-order valence-electron chi connectivity index (χ0n) is 8.48. The minimum absolute atomic E-state index is 0.0745. The summed E-state index contributed by atoms with van der Waals surface area (Å²) in [6.07, 6.45) is 8.77. The summed E-state index contributed by atoms with van der Waals surface area (Å²) < 4.78 is 2.13. The topological polar surface area (TPSA) is 50.1 Å². The van der Waals surface area contributed by atoms with E-state index >= 15 is 0 Å². The third-order valence-corrected chi connectivity index (χ3v) is 3.36. The number of imidazole rings is 1. The fraction of sp³-hybridized carbons (Fsp3) is 0.700. The molecule has 2 rings (SSSR count). The Bertz CT molecular complexity index is 280. The van der Waals surface area contributed by atoms with Crippen LogP contribution >= 0.6 is 0 Å². The molecule has 0 saturated heterocycles. The van der Waals surface area contributed by atoms with Crippen molar-refractivity contribution in [2.45, 2.75) is 30.8 Å². The van der Waals surface area contributed by atoms with Gasteiger partial charge < -0.3 is 15.0 Å². The van der Waals surface area contributed by atoms with E-state index < -0.39 is 0 Å². The van der Waals surface area contributed by atoms with Gasteiger partial charge in [-0.05, 0) is 26.3 Å². The number of aromatic nitrogens is 2. The maximum atomic E-state index is 9.34. The van der Waals surface area contributed by atoms with Crippen LogP contribution in [0.15, 0.2) is 18.7 Å². The lowest BCUT2D eigenvalue weighted by Crippen LogP contribution is -2.44. The summed E-state index contributed by atoms with van der Waals surface area (Å²) in [5, 5.41) is 12.6. The van der Waals surface area contributed by atoms with Crippen LogP contribution in [0.4, 0.5) is 0 Å². The van der Waals surface area contributed by atoms with Crippen molar-refractivity contribution in [3.05, 3.63) is 18.7 Å². The Morgan fingerprint density at radius 3 is 3.07 bits per heavy atom. The molecule has 0 amide bonds. The molecule has 0 aromatic carbocycles. The van der Waals surface area contributed by atoms with E-state index in [1.165, 1.54) is 0 Å². The Hall–Kier alpha value is -0.870. The van der Waals surface area contributed by atoms with Gasteiger partial charge in [0.1, 0.15) is 0 Å². The Labute approximate surface area is 84.0 Å². The maximum absolute atomic E-state index is 9.34. The van der Waals surface area contributed by atoms with Gasteiger partial charge in [-0.1, -0.05) is 0 Å². The van der Waals surface area contributed by atoms with Gasteiger partial charge in [0, 0.05) is 24.0 Å². The lowest BCUT2D eigenvalue weighted by molar-refractivity contribution is 0.169. The second kappa shape index (κ2) is 3.71. The van der Waals surface area contributed by atoms with Gasteiger partial charge in [0.15, 0.2) is 0 Å². The van der Waals surface area contributed by atoms with Crippen LogP contribution in [0.1, 0.15) is 25.3 Å². The maximum Gasteiger partial charge on any atom is 0.0948 e. The molecule has 1 fully saturated rings. The van der Waals surface area contributed by atoms with Gasteiger partial charge in [0.2, 0.25) is 0 Å². The van der Waals surface area contributed by atoms with Crippen LogP contribution in [0.5, 0.6) is 0 Å². The summed E-state index contributed by atoms with van der Waals surface area (Å²) in [4.78, 5) is 4.05. The molecule has 1 saturated carbocycles. The molecule has 0 aliphatic heterocycles. The van der Waals surface area contributed by atoms with E-state index in [1.54, 1.807) is 6.20 Å². The van der Waals surface area contributed by atoms with E-state index in [0.29, 0.717) is 6.04 Å². The molecule has 2 N–H and O–H groups in total. The highest BCUT2D eigenvalue weighted by Gasteiger charge is 2.37. The Morgan fingerprint density at radius 1 is 1.71 bits per heavy atom. The molecular formula is C10H17N3O. The minimum atomic E-state index is -0.0745. The lowest BCUT2D eigenvalue weighted by atomic mass is 9.99. The fourth-order valence-electron chi connectivity index (χ4n) is 2.29. The van der Waals surface area contributed by atoms with Crippen LogP contribution in [0, 0.1) is 0 Å². The van der Waals surface area contributed by atoms with E-state index in [4.69, 9.17) is 0 Å². The number of aliphatic hydroxyl groups excluding tert-OH is 1. The van der Waals surface area contributed by atoms with E-state index in [2.05, 4.69) is 14.9 Å². The minimum Gasteiger partial charge on any atom is -0.394 e. The van der Waals surface area contributed by atoms with Crippen molar-refractivity contribution >= 4 is 0 Å². The zero-order valence-corrected chi connectivity index (χ0v) is 8.48. The summed E-state index contributed by atoms with van der Waals surface area (Å²) in [5.74, 6) is 0. The predicted molar refractivity (Wildman–Crippen MR) is 54.0 cm³/mol. The first-order chi connectivity index (χ1) is 6.79. The van der Waals surface area contributed by atoms with Crippen molar-refractivity contribution in [1.82, 2.24) is 14.9 Å². The van der Waals surface area contributed by atoms with Crippen LogP contribution < -0.4 is 5.32 Å². The molecule has 2 atom stereocenters. The van der Waals surface area contributed by atoms with Gasteiger partial charge in [-0.25, -0.2) is 4.98 Å². The third kappa shape index (κ3) is 1.55. The van der Waals surface area contributed by atoms with E-state index in [0.717, 1.165) is 19.3 Å². The van der Waals surface area contributed by atoms with Crippen LogP contribution in [0.25, 0.3) is 0 Å². The summed E-state index contributed by atoms with van der Waals surface area (Å²) in [5.41, 5.74) is -0.0745. The second-order valence-corrected chi connectivity index (χ2v) is 4.09. The number of rotatable bonds is 3. The molecule has 4 nitrogen and oxygen atoms in total. The first-order valence-electron chi connectivity index (χ1n) is 5.07. The lowest BCUT2D eigenvalue weighted by Gasteiger charge is -2.26. The second-order valence-electron chi connectivity index (χ2n) is 4.09. The molecule has 0 bridgehead atoms. The van der Waals surface area contributed by atoms with Crippen molar-refractivity contribution in [2.75, 3.05) is 13.7 Å². The van der Waals surface area contributed by atoms with Gasteiger partial charge >= 0.3 is 0 Å². The molecule has 78 valence electrons. The molecule has 1 aliphatic carbocycles. The highest BCUT2D eigenvalue weighted by Crippen LogP contribution is 2.36. The summed E-state index contributed by atoms with van der Waals surface area (Å²) in [6, 6.07) is 0.483. The average molecular weight is 195 g/mol. The highest BCUT2D eigenvalue weighted by atomic mass is 16.3. The van der Waals surface area contributed by atoms with Crippen molar-refractivity contribution in [2.24, 2.45) is 0 Å². The van der Waals surface area contributed by atoms with Crippen molar-refractivity contribution in [1.29, 1.82) is 0 Å². The van der Waals surface area contributed by atoms with Crippen LogP contribution in [0.2, 0.25) is 0 Å². The Balaban J connectivity index is 2.07. The molecule has 0 radical (unpaired) electrons. The summed E-state index contributed by atoms with van der Waals surface area (Å²) in [7, 11) is 1.92. The monoisotopic (exact) mass is 195 g/mol. The average Bonchev–Trinajstić information content (AvgIpc) is 2.87. The number of aliphatic hydroxyl groups is 1. The van der Waals surface area contributed by atoms with Gasteiger partial charge in [-0.3, -0.25) is 0 Å². The zero-order chi connectivity index (χ0) is 10.0. The van der Waals surface area contributed by atoms with Crippen molar-refractivity contribution in [3.8, 4) is 0 Å². The molecule has 1 aromatic heterocycles. The summed E-state index contributed by atoms with van der Waals surface area (Å²) >= 11 is 0. The SMILES string of the molecule is CNC1(CO)CCC(n2ccnc2)C1. The van der Waals surface area contributed by atoms with Gasteiger partial charge in [-0.2, -0.15) is 0 Å².